The second-order valence-electron chi connectivity index (χ2n) is 7.77. The fourth-order valence-corrected chi connectivity index (χ4v) is 4.16. The van der Waals surface area contributed by atoms with Crippen LogP contribution in [0.15, 0.2) is 59.3 Å². The zero-order chi connectivity index (χ0) is 23.9. The van der Waals surface area contributed by atoms with Crippen molar-refractivity contribution in [1.82, 2.24) is 19.9 Å². The van der Waals surface area contributed by atoms with Crippen LogP contribution < -0.4 is 5.32 Å². The van der Waals surface area contributed by atoms with Crippen LogP contribution in [0.1, 0.15) is 16.8 Å². The van der Waals surface area contributed by atoms with Crippen LogP contribution in [0.5, 0.6) is 0 Å². The van der Waals surface area contributed by atoms with Gasteiger partial charge >= 0.3 is 0 Å². The first-order chi connectivity index (χ1) is 16.3. The van der Waals surface area contributed by atoms with Crippen LogP contribution in [0, 0.1) is 5.82 Å². The van der Waals surface area contributed by atoms with Crippen molar-refractivity contribution in [1.29, 1.82) is 0 Å². The quantitative estimate of drug-likeness (QED) is 0.424. The number of carbonyl (C=O) groups excluding carboxylic acids is 1. The number of hydrogen-bond acceptors (Lipinski definition) is 6. The number of nitrogens with zero attached hydrogens (tertiary/aromatic N) is 4. The van der Waals surface area contributed by atoms with E-state index in [1.807, 2.05) is 0 Å². The summed E-state index contributed by atoms with van der Waals surface area (Å²) in [6, 6.07) is 8.84. The average molecular weight is 488 g/mol. The minimum absolute atomic E-state index is 0.0108. The van der Waals surface area contributed by atoms with E-state index in [-0.39, 0.29) is 36.1 Å². The van der Waals surface area contributed by atoms with E-state index in [2.05, 4.69) is 20.3 Å². The van der Waals surface area contributed by atoms with E-state index in [1.54, 1.807) is 24.3 Å². The molecule has 5 rings (SSSR count). The number of aromatic nitrogens is 3. The van der Waals surface area contributed by atoms with Gasteiger partial charge in [0.2, 0.25) is 0 Å². The Labute approximate surface area is 196 Å². The van der Waals surface area contributed by atoms with Gasteiger partial charge in [-0.25, -0.2) is 23.1 Å². The lowest BCUT2D eigenvalue weighted by molar-refractivity contribution is -0.0250. The van der Waals surface area contributed by atoms with E-state index < -0.39 is 30.1 Å². The number of anilines is 1. The van der Waals surface area contributed by atoms with Crippen LogP contribution in [0.2, 0.25) is 5.02 Å². The van der Waals surface area contributed by atoms with E-state index >= 15 is 0 Å². The molecule has 4 aromatic rings. The van der Waals surface area contributed by atoms with Gasteiger partial charge in [-0.2, -0.15) is 4.98 Å². The van der Waals surface area contributed by atoms with E-state index in [0.29, 0.717) is 16.1 Å². The van der Waals surface area contributed by atoms with Crippen LogP contribution >= 0.6 is 11.6 Å². The number of carbonyl (C=O) groups is 1. The SMILES string of the molecule is O=C(c1c(F)cccc1-c1ncccn1)N1CCC(F)(F)[C@H]1CNc1nc2cc(Cl)ccc2o1. The smallest absolute Gasteiger partial charge is 0.295 e. The molecule has 1 N–H and O–H groups in total. The maximum Gasteiger partial charge on any atom is 0.295 e. The van der Waals surface area contributed by atoms with Crippen molar-refractivity contribution in [2.24, 2.45) is 0 Å². The number of fused-ring (bicyclic) bond motifs is 1. The van der Waals surface area contributed by atoms with Gasteiger partial charge < -0.3 is 14.6 Å². The Bertz CT molecular complexity index is 1370. The van der Waals surface area contributed by atoms with Gasteiger partial charge in [0.25, 0.3) is 17.8 Å². The number of likely N-dealkylation sites (tertiary alicyclic amines) is 1. The second kappa shape index (κ2) is 8.60. The highest BCUT2D eigenvalue weighted by molar-refractivity contribution is 6.31. The topological polar surface area (TPSA) is 84.2 Å². The number of benzene rings is 2. The Morgan fingerprint density at radius 1 is 1.21 bits per heavy atom. The lowest BCUT2D eigenvalue weighted by Crippen LogP contribution is -2.47. The summed E-state index contributed by atoms with van der Waals surface area (Å²) in [5.41, 5.74) is 0.660. The van der Waals surface area contributed by atoms with Gasteiger partial charge in [0.1, 0.15) is 17.4 Å². The number of hydrogen-bond donors (Lipinski definition) is 1. The number of amides is 1. The third kappa shape index (κ3) is 4.05. The van der Waals surface area contributed by atoms with Crippen LogP contribution in [-0.4, -0.2) is 50.8 Å². The molecular weight excluding hydrogens is 471 g/mol. The minimum Gasteiger partial charge on any atom is -0.424 e. The Kier molecular flexibility index (Phi) is 5.60. The van der Waals surface area contributed by atoms with Crippen molar-refractivity contribution in [3.8, 4) is 11.4 Å². The number of nitrogens with one attached hydrogen (secondary N) is 1. The number of rotatable bonds is 5. The third-order valence-electron chi connectivity index (χ3n) is 5.64. The molecule has 1 aliphatic rings. The summed E-state index contributed by atoms with van der Waals surface area (Å²) in [7, 11) is 0. The molecule has 1 fully saturated rings. The maximum absolute atomic E-state index is 14.8. The molecule has 1 saturated heterocycles. The van der Waals surface area contributed by atoms with Gasteiger partial charge in [0, 0.05) is 42.5 Å². The van der Waals surface area contributed by atoms with Crippen molar-refractivity contribution in [3.05, 3.63) is 71.3 Å². The first kappa shape index (κ1) is 22.1. The number of alkyl halides is 2. The molecule has 2 aromatic heterocycles. The predicted molar refractivity (Wildman–Crippen MR) is 119 cm³/mol. The molecule has 3 heterocycles. The molecule has 1 aliphatic heterocycles. The summed E-state index contributed by atoms with van der Waals surface area (Å²) in [4.78, 5) is 26.7. The molecule has 0 spiro atoms. The molecule has 0 bridgehead atoms. The molecule has 1 atom stereocenters. The fourth-order valence-electron chi connectivity index (χ4n) is 3.99. The molecule has 11 heteroatoms. The molecular formula is C23H17ClF3N5O2. The molecule has 0 radical (unpaired) electrons. The molecule has 174 valence electrons. The molecule has 1 amide bonds. The Morgan fingerprint density at radius 3 is 2.79 bits per heavy atom. The zero-order valence-corrected chi connectivity index (χ0v) is 18.3. The summed E-state index contributed by atoms with van der Waals surface area (Å²) in [5.74, 6) is -4.79. The first-order valence-corrected chi connectivity index (χ1v) is 10.8. The predicted octanol–water partition coefficient (Wildman–Crippen LogP) is 5.04. The van der Waals surface area contributed by atoms with E-state index in [0.717, 1.165) is 11.0 Å². The molecule has 0 saturated carbocycles. The van der Waals surface area contributed by atoms with Gasteiger partial charge in [-0.05, 0) is 30.3 Å². The third-order valence-corrected chi connectivity index (χ3v) is 5.88. The molecule has 2 aromatic carbocycles. The van der Waals surface area contributed by atoms with Gasteiger partial charge in [-0.1, -0.05) is 23.7 Å². The van der Waals surface area contributed by atoms with Gasteiger partial charge in [-0.3, -0.25) is 4.79 Å². The lowest BCUT2D eigenvalue weighted by Gasteiger charge is -2.28. The van der Waals surface area contributed by atoms with Crippen molar-refractivity contribution >= 4 is 34.6 Å². The molecule has 0 unspecified atom stereocenters. The Balaban J connectivity index is 1.43. The zero-order valence-electron chi connectivity index (χ0n) is 17.5. The fraction of sp³-hybridized carbons (Fsp3) is 0.217. The van der Waals surface area contributed by atoms with Gasteiger partial charge in [0.05, 0.1) is 5.56 Å². The second-order valence-corrected chi connectivity index (χ2v) is 8.21. The maximum atomic E-state index is 14.8. The minimum atomic E-state index is -3.20. The Morgan fingerprint density at radius 2 is 2.00 bits per heavy atom. The largest absolute Gasteiger partial charge is 0.424 e. The summed E-state index contributed by atoms with van der Waals surface area (Å²) in [5, 5.41) is 3.19. The monoisotopic (exact) mass is 487 g/mol. The normalized spacial score (nSPS) is 17.3. The van der Waals surface area contributed by atoms with Gasteiger partial charge in [0.15, 0.2) is 11.4 Å². The lowest BCUT2D eigenvalue weighted by atomic mass is 10.0. The van der Waals surface area contributed by atoms with E-state index in [9.17, 15) is 18.0 Å². The highest BCUT2D eigenvalue weighted by atomic mass is 35.5. The Hall–Kier alpha value is -3.66. The molecule has 0 aliphatic carbocycles. The summed E-state index contributed by atoms with van der Waals surface area (Å²) < 4.78 is 49.9. The van der Waals surface area contributed by atoms with Crippen molar-refractivity contribution in [3.63, 3.8) is 0 Å². The van der Waals surface area contributed by atoms with Crippen LogP contribution in [0.25, 0.3) is 22.5 Å². The summed E-state index contributed by atoms with van der Waals surface area (Å²) in [6.45, 7) is -0.602. The van der Waals surface area contributed by atoms with Crippen LogP contribution in [0.3, 0.4) is 0 Å². The summed E-state index contributed by atoms with van der Waals surface area (Å²) in [6.07, 6.45) is 2.34. The molecule has 34 heavy (non-hydrogen) atoms. The summed E-state index contributed by atoms with van der Waals surface area (Å²) >= 11 is 5.94. The highest BCUT2D eigenvalue weighted by Crippen LogP contribution is 2.36. The number of oxazole rings is 1. The van der Waals surface area contributed by atoms with Crippen molar-refractivity contribution < 1.29 is 22.4 Å². The van der Waals surface area contributed by atoms with Crippen molar-refractivity contribution in [2.75, 3.05) is 18.4 Å². The number of halogens is 4. The van der Waals surface area contributed by atoms with Crippen LogP contribution in [-0.2, 0) is 0 Å². The standard InChI is InChI=1S/C23H17ClF3N5O2/c24-13-5-6-17-16(11-13)31-22(34-17)30-12-18-23(26,27)7-10-32(18)21(33)19-14(3-1-4-15(19)25)20-28-8-2-9-29-20/h1-6,8-9,11,18H,7,10,12H2,(H,30,31)/t18-/m1/s1. The van der Waals surface area contributed by atoms with E-state index in [1.165, 1.54) is 24.5 Å². The van der Waals surface area contributed by atoms with Crippen molar-refractivity contribution in [2.45, 2.75) is 18.4 Å². The van der Waals surface area contributed by atoms with E-state index in [4.69, 9.17) is 16.0 Å². The average Bonchev–Trinajstić information content (AvgIpc) is 3.36. The van der Waals surface area contributed by atoms with Gasteiger partial charge in [-0.15, -0.1) is 0 Å². The highest BCUT2D eigenvalue weighted by Gasteiger charge is 2.51. The first-order valence-electron chi connectivity index (χ1n) is 10.4. The molecule has 7 nitrogen and oxygen atoms in total. The van der Waals surface area contributed by atoms with Crippen LogP contribution in [0.4, 0.5) is 19.2 Å².